The average Bonchev–Trinajstić information content (AvgIpc) is 2.74. The monoisotopic (exact) mass is 266 g/mol. The van der Waals surface area contributed by atoms with Crippen molar-refractivity contribution in [3.8, 4) is 0 Å². The van der Waals surface area contributed by atoms with Gasteiger partial charge in [-0.3, -0.25) is 5.10 Å². The Morgan fingerprint density at radius 1 is 1.44 bits per heavy atom. The molecule has 1 atom stereocenters. The van der Waals surface area contributed by atoms with E-state index in [1.165, 1.54) is 17.8 Å². The van der Waals surface area contributed by atoms with E-state index in [0.717, 1.165) is 10.7 Å². The first kappa shape index (κ1) is 13.0. The van der Waals surface area contributed by atoms with E-state index in [2.05, 4.69) is 20.5 Å². The molecule has 96 valence electrons. The van der Waals surface area contributed by atoms with Crippen molar-refractivity contribution in [1.29, 1.82) is 0 Å². The van der Waals surface area contributed by atoms with Crippen LogP contribution in [0.2, 0.25) is 0 Å². The molecule has 2 aromatic rings. The summed E-state index contributed by atoms with van der Waals surface area (Å²) in [4.78, 5) is 5.04. The van der Waals surface area contributed by atoms with Gasteiger partial charge in [-0.05, 0) is 44.8 Å². The van der Waals surface area contributed by atoms with Gasteiger partial charge in [0.15, 0.2) is 0 Å². The summed E-state index contributed by atoms with van der Waals surface area (Å²) in [5, 5.41) is 10.5. The third kappa shape index (κ3) is 2.70. The Morgan fingerprint density at radius 3 is 2.83 bits per heavy atom. The van der Waals surface area contributed by atoms with Crippen LogP contribution in [0.4, 0.5) is 4.39 Å². The van der Waals surface area contributed by atoms with Crippen LogP contribution in [0.1, 0.15) is 24.4 Å². The maximum absolute atomic E-state index is 13.9. The highest BCUT2D eigenvalue weighted by molar-refractivity contribution is 7.99. The van der Waals surface area contributed by atoms with Crippen LogP contribution in [0.3, 0.4) is 0 Å². The highest BCUT2D eigenvalue weighted by Crippen LogP contribution is 2.32. The number of rotatable bonds is 4. The molecule has 6 heteroatoms. The van der Waals surface area contributed by atoms with Gasteiger partial charge >= 0.3 is 0 Å². The normalized spacial score (nSPS) is 12.7. The molecule has 4 nitrogen and oxygen atoms in total. The Labute approximate surface area is 109 Å². The zero-order valence-electron chi connectivity index (χ0n) is 10.5. The molecular formula is C12H15FN4S. The van der Waals surface area contributed by atoms with E-state index in [1.807, 2.05) is 27.0 Å². The molecule has 1 aromatic heterocycles. The number of aryl methyl sites for hydroxylation is 1. The second kappa shape index (κ2) is 5.49. The van der Waals surface area contributed by atoms with Gasteiger partial charge in [0.1, 0.15) is 11.6 Å². The minimum absolute atomic E-state index is 0.0614. The molecule has 2 rings (SSSR count). The van der Waals surface area contributed by atoms with Crippen LogP contribution in [0.5, 0.6) is 0 Å². The van der Waals surface area contributed by atoms with E-state index in [9.17, 15) is 4.39 Å². The Hall–Kier alpha value is -1.40. The Balaban J connectivity index is 2.35. The van der Waals surface area contributed by atoms with Gasteiger partial charge < -0.3 is 5.32 Å². The lowest BCUT2D eigenvalue weighted by Gasteiger charge is -2.15. The first-order valence-electron chi connectivity index (χ1n) is 5.64. The van der Waals surface area contributed by atoms with Crippen LogP contribution >= 0.6 is 11.8 Å². The molecule has 0 aliphatic heterocycles. The number of aromatic nitrogens is 3. The molecule has 0 aliphatic rings. The fourth-order valence-electron chi connectivity index (χ4n) is 1.64. The summed E-state index contributed by atoms with van der Waals surface area (Å²) >= 11 is 1.36. The van der Waals surface area contributed by atoms with E-state index in [1.54, 1.807) is 6.07 Å². The van der Waals surface area contributed by atoms with Crippen molar-refractivity contribution in [2.75, 3.05) is 7.05 Å². The van der Waals surface area contributed by atoms with Gasteiger partial charge in [0.05, 0.1) is 0 Å². The molecule has 18 heavy (non-hydrogen) atoms. The summed E-state index contributed by atoms with van der Waals surface area (Å²) in [6.45, 7) is 3.76. The lowest BCUT2D eigenvalue weighted by molar-refractivity contribution is 0.552. The molecule has 0 amide bonds. The van der Waals surface area contributed by atoms with Gasteiger partial charge in [0.2, 0.25) is 5.16 Å². The van der Waals surface area contributed by atoms with Gasteiger partial charge in [0, 0.05) is 16.5 Å². The number of hydrogen-bond acceptors (Lipinski definition) is 4. The summed E-state index contributed by atoms with van der Waals surface area (Å²) in [5.41, 5.74) is 0.646. The van der Waals surface area contributed by atoms with Crippen molar-refractivity contribution in [2.24, 2.45) is 0 Å². The van der Waals surface area contributed by atoms with Gasteiger partial charge in [0.25, 0.3) is 0 Å². The van der Waals surface area contributed by atoms with Gasteiger partial charge in [-0.2, -0.15) is 0 Å². The van der Waals surface area contributed by atoms with Gasteiger partial charge in [-0.25, -0.2) is 9.37 Å². The van der Waals surface area contributed by atoms with Crippen LogP contribution in [-0.4, -0.2) is 22.2 Å². The minimum Gasteiger partial charge on any atom is -0.313 e. The molecule has 1 aromatic carbocycles. The fraction of sp³-hybridized carbons (Fsp3) is 0.333. The van der Waals surface area contributed by atoms with Crippen LogP contribution in [-0.2, 0) is 0 Å². The molecule has 0 radical (unpaired) electrons. The van der Waals surface area contributed by atoms with E-state index >= 15 is 0 Å². The second-order valence-corrected chi connectivity index (χ2v) is 4.98. The smallest absolute Gasteiger partial charge is 0.213 e. The summed E-state index contributed by atoms with van der Waals surface area (Å²) in [6.07, 6.45) is 0. The van der Waals surface area contributed by atoms with Crippen molar-refractivity contribution in [2.45, 2.75) is 29.9 Å². The number of aromatic amines is 1. The molecule has 1 heterocycles. The third-order valence-electron chi connectivity index (χ3n) is 2.66. The van der Waals surface area contributed by atoms with Crippen molar-refractivity contribution in [3.63, 3.8) is 0 Å². The summed E-state index contributed by atoms with van der Waals surface area (Å²) in [6, 6.07) is 4.98. The highest BCUT2D eigenvalue weighted by atomic mass is 32.2. The largest absolute Gasteiger partial charge is 0.313 e. The maximum Gasteiger partial charge on any atom is 0.213 e. The topological polar surface area (TPSA) is 53.6 Å². The highest BCUT2D eigenvalue weighted by Gasteiger charge is 2.16. The van der Waals surface area contributed by atoms with Crippen LogP contribution < -0.4 is 5.32 Å². The molecule has 0 saturated heterocycles. The van der Waals surface area contributed by atoms with Gasteiger partial charge in [-0.15, -0.1) is 5.10 Å². The molecule has 0 fully saturated rings. The van der Waals surface area contributed by atoms with Crippen molar-refractivity contribution < 1.29 is 4.39 Å². The standard InChI is InChI=1S/C12H15FN4S/c1-7(14-3)11-9(13)5-4-6-10(11)18-12-15-8(2)16-17-12/h4-7,14H,1-3H3,(H,15,16,17). The number of H-pyrrole nitrogens is 1. The average molecular weight is 266 g/mol. The SMILES string of the molecule is CNC(C)c1c(F)cccc1Sc1n[nH]c(C)n1. The van der Waals surface area contributed by atoms with Crippen molar-refractivity contribution >= 4 is 11.8 Å². The zero-order valence-corrected chi connectivity index (χ0v) is 11.3. The number of nitrogens with zero attached hydrogens (tertiary/aromatic N) is 2. The Kier molecular flexibility index (Phi) is 3.98. The molecule has 1 unspecified atom stereocenters. The lowest BCUT2D eigenvalue weighted by atomic mass is 10.1. The lowest BCUT2D eigenvalue weighted by Crippen LogP contribution is -2.14. The molecule has 0 aliphatic carbocycles. The summed E-state index contributed by atoms with van der Waals surface area (Å²) in [7, 11) is 1.81. The van der Waals surface area contributed by atoms with Crippen LogP contribution in [0, 0.1) is 12.7 Å². The van der Waals surface area contributed by atoms with Crippen LogP contribution in [0.25, 0.3) is 0 Å². The van der Waals surface area contributed by atoms with Crippen molar-refractivity contribution in [3.05, 3.63) is 35.4 Å². The first-order valence-corrected chi connectivity index (χ1v) is 6.46. The minimum atomic E-state index is -0.214. The molecular weight excluding hydrogens is 251 g/mol. The van der Waals surface area contributed by atoms with E-state index in [-0.39, 0.29) is 11.9 Å². The number of halogens is 1. The Bertz CT molecular complexity index is 541. The van der Waals surface area contributed by atoms with Gasteiger partial charge in [-0.1, -0.05) is 6.07 Å². The fourth-order valence-corrected chi connectivity index (χ4v) is 2.64. The zero-order chi connectivity index (χ0) is 13.1. The summed E-state index contributed by atoms with van der Waals surface area (Å²) in [5.74, 6) is 0.534. The predicted molar refractivity (Wildman–Crippen MR) is 69.1 cm³/mol. The number of benzene rings is 1. The maximum atomic E-state index is 13.9. The Morgan fingerprint density at radius 2 is 2.22 bits per heavy atom. The molecule has 0 spiro atoms. The third-order valence-corrected chi connectivity index (χ3v) is 3.60. The molecule has 2 N–H and O–H groups in total. The molecule has 0 saturated carbocycles. The first-order chi connectivity index (χ1) is 8.61. The van der Waals surface area contributed by atoms with E-state index in [4.69, 9.17) is 0 Å². The van der Waals surface area contributed by atoms with Crippen molar-refractivity contribution in [1.82, 2.24) is 20.5 Å². The van der Waals surface area contributed by atoms with E-state index in [0.29, 0.717) is 10.7 Å². The second-order valence-electron chi connectivity index (χ2n) is 3.97. The summed E-state index contributed by atoms with van der Waals surface area (Å²) < 4.78 is 13.9. The molecule has 0 bridgehead atoms. The van der Waals surface area contributed by atoms with Crippen LogP contribution in [0.15, 0.2) is 28.3 Å². The predicted octanol–water partition coefficient (Wildman–Crippen LogP) is 2.68. The van der Waals surface area contributed by atoms with E-state index < -0.39 is 0 Å². The quantitative estimate of drug-likeness (QED) is 0.893. The number of nitrogens with one attached hydrogen (secondary N) is 2. The number of hydrogen-bond donors (Lipinski definition) is 2.